The number of rotatable bonds is 3. The molecule has 1 aromatic heterocycles. The smallest absolute Gasteiger partial charge is 0.254 e. The number of benzene rings is 1. The topological polar surface area (TPSA) is 62.9 Å². The molecule has 2 aromatic rings. The molecule has 3 fully saturated rings. The number of halogens is 1. The Bertz CT molecular complexity index is 1020. The summed E-state index contributed by atoms with van der Waals surface area (Å²) in [5, 5.41) is 5.20. The van der Waals surface area contributed by atoms with Crippen LogP contribution in [0.1, 0.15) is 12.2 Å². The number of hydrazone groups is 1. The van der Waals surface area contributed by atoms with Crippen molar-refractivity contribution in [3.05, 3.63) is 60.1 Å². The lowest BCUT2D eigenvalue weighted by atomic mass is 9.63. The van der Waals surface area contributed by atoms with Gasteiger partial charge in [0.2, 0.25) is 0 Å². The molecule has 2 saturated carbocycles. The molecule has 0 radical (unpaired) electrons. The zero-order chi connectivity index (χ0) is 19.0. The molecular weight excluding hydrogens is 359 g/mol. The van der Waals surface area contributed by atoms with Crippen LogP contribution in [-0.4, -0.2) is 23.0 Å². The van der Waals surface area contributed by atoms with Crippen LogP contribution in [0.15, 0.2) is 58.1 Å². The molecule has 1 aliphatic heterocycles. The van der Waals surface area contributed by atoms with Gasteiger partial charge in [-0.1, -0.05) is 12.2 Å². The minimum atomic E-state index is -0.314. The Morgan fingerprint density at radius 2 is 1.61 bits per heavy atom. The highest BCUT2D eigenvalue weighted by Crippen LogP contribution is 2.65. The van der Waals surface area contributed by atoms with Crippen molar-refractivity contribution in [2.24, 2.45) is 40.6 Å². The zero-order valence-electron chi connectivity index (χ0n) is 14.9. The van der Waals surface area contributed by atoms with Crippen LogP contribution in [0, 0.1) is 41.3 Å². The predicted molar refractivity (Wildman–Crippen MR) is 98.2 cm³/mol. The molecule has 5 nitrogen and oxygen atoms in total. The Morgan fingerprint density at radius 3 is 2.25 bits per heavy atom. The number of carbonyl (C=O) groups is 2. The number of hydrogen-bond donors (Lipinski definition) is 0. The molecule has 4 aliphatic carbocycles. The maximum Gasteiger partial charge on any atom is 0.254 e. The number of nitrogens with zero attached hydrogens (tertiary/aromatic N) is 2. The van der Waals surface area contributed by atoms with Crippen molar-refractivity contribution in [1.29, 1.82) is 0 Å². The molecule has 7 rings (SSSR count). The fourth-order valence-corrected chi connectivity index (χ4v) is 5.36. The number of hydrogen-bond acceptors (Lipinski definition) is 4. The zero-order valence-corrected chi connectivity index (χ0v) is 14.9. The highest BCUT2D eigenvalue weighted by molar-refractivity contribution is 6.06. The molecular formula is C22H17FN2O3. The first kappa shape index (κ1) is 16.0. The van der Waals surface area contributed by atoms with Crippen LogP contribution in [0.3, 0.4) is 0 Å². The Balaban J connectivity index is 1.24. The lowest BCUT2D eigenvalue weighted by molar-refractivity contribution is -0.140. The minimum absolute atomic E-state index is 0.186. The summed E-state index contributed by atoms with van der Waals surface area (Å²) in [5.74, 6) is 1.30. The molecule has 28 heavy (non-hydrogen) atoms. The predicted octanol–water partition coefficient (Wildman–Crippen LogP) is 3.47. The number of furan rings is 1. The van der Waals surface area contributed by atoms with E-state index in [0.717, 1.165) is 17.0 Å². The summed E-state index contributed by atoms with van der Waals surface area (Å²) in [4.78, 5) is 25.8. The molecule has 2 bridgehead atoms. The maximum absolute atomic E-state index is 13.1. The van der Waals surface area contributed by atoms with Gasteiger partial charge in [-0.05, 0) is 66.5 Å². The molecule has 2 amide bonds. The van der Waals surface area contributed by atoms with Crippen molar-refractivity contribution < 1.29 is 18.4 Å². The van der Waals surface area contributed by atoms with Crippen LogP contribution < -0.4 is 0 Å². The summed E-state index contributed by atoms with van der Waals surface area (Å²) >= 11 is 0. The van der Waals surface area contributed by atoms with E-state index in [0.29, 0.717) is 23.4 Å². The molecule has 1 aromatic carbocycles. The number of imide groups is 1. The number of amides is 2. The summed E-state index contributed by atoms with van der Waals surface area (Å²) in [6, 6.07) is 9.44. The van der Waals surface area contributed by atoms with Gasteiger partial charge in [-0.25, -0.2) is 4.39 Å². The molecule has 6 heteroatoms. The van der Waals surface area contributed by atoms with Gasteiger partial charge in [0.15, 0.2) is 0 Å². The second-order valence-electron chi connectivity index (χ2n) is 8.10. The summed E-state index contributed by atoms with van der Waals surface area (Å²) in [5.41, 5.74) is 0.738. The van der Waals surface area contributed by atoms with Crippen LogP contribution in [0.2, 0.25) is 0 Å². The molecule has 0 spiro atoms. The van der Waals surface area contributed by atoms with E-state index < -0.39 is 0 Å². The molecule has 2 heterocycles. The standard InChI is InChI=1S/C22H17FN2O3/c23-12-3-1-11(2-4-12)18-8-5-13(28-18)10-24-25-21(26)19-14-6-7-15(17-9-16(14)17)20(19)22(25)27/h1-8,10,14-17,19-20H,9H2/b24-10-/t14-,15-,16-,17+,19+,20+/m1/s1. The quantitative estimate of drug-likeness (QED) is 0.468. The van der Waals surface area contributed by atoms with Gasteiger partial charge in [0.1, 0.15) is 17.3 Å². The van der Waals surface area contributed by atoms with E-state index in [4.69, 9.17) is 4.42 Å². The lowest BCUT2D eigenvalue weighted by Gasteiger charge is -2.37. The Morgan fingerprint density at radius 1 is 0.964 bits per heavy atom. The van der Waals surface area contributed by atoms with E-state index in [1.54, 1.807) is 24.3 Å². The first-order valence-electron chi connectivity index (χ1n) is 9.58. The van der Waals surface area contributed by atoms with Crippen LogP contribution in [0.5, 0.6) is 0 Å². The Kier molecular flexibility index (Phi) is 3.14. The second kappa shape index (κ2) is 5.50. The highest BCUT2D eigenvalue weighted by atomic mass is 19.1. The first-order chi connectivity index (χ1) is 13.6. The van der Waals surface area contributed by atoms with Gasteiger partial charge in [-0.3, -0.25) is 9.59 Å². The van der Waals surface area contributed by atoms with Gasteiger partial charge in [-0.15, -0.1) is 0 Å². The van der Waals surface area contributed by atoms with E-state index in [9.17, 15) is 14.0 Å². The molecule has 0 unspecified atom stereocenters. The average Bonchev–Trinajstić information content (AvgIpc) is 3.34. The van der Waals surface area contributed by atoms with Crippen LogP contribution in [-0.2, 0) is 9.59 Å². The number of carbonyl (C=O) groups excluding carboxylic acids is 2. The van der Waals surface area contributed by atoms with E-state index in [1.165, 1.54) is 18.3 Å². The van der Waals surface area contributed by atoms with Crippen molar-refractivity contribution in [1.82, 2.24) is 5.01 Å². The Hall–Kier alpha value is -3.02. The second-order valence-corrected chi connectivity index (χ2v) is 8.10. The van der Waals surface area contributed by atoms with Crippen molar-refractivity contribution in [2.45, 2.75) is 6.42 Å². The van der Waals surface area contributed by atoms with Gasteiger partial charge < -0.3 is 4.42 Å². The summed E-state index contributed by atoms with van der Waals surface area (Å²) in [6.45, 7) is 0. The summed E-state index contributed by atoms with van der Waals surface area (Å²) in [7, 11) is 0. The summed E-state index contributed by atoms with van der Waals surface area (Å²) in [6.07, 6.45) is 6.81. The third kappa shape index (κ3) is 2.14. The molecule has 140 valence electrons. The van der Waals surface area contributed by atoms with Crippen LogP contribution >= 0.6 is 0 Å². The third-order valence-corrected chi connectivity index (χ3v) is 6.70. The molecule has 5 aliphatic rings. The molecule has 1 saturated heterocycles. The van der Waals surface area contributed by atoms with Crippen LogP contribution in [0.25, 0.3) is 11.3 Å². The normalized spacial score (nSPS) is 35.0. The summed E-state index contributed by atoms with van der Waals surface area (Å²) < 4.78 is 18.8. The van der Waals surface area contributed by atoms with E-state index in [1.807, 2.05) is 0 Å². The van der Waals surface area contributed by atoms with Crippen molar-refractivity contribution >= 4 is 18.0 Å². The molecule has 0 N–H and O–H groups in total. The van der Waals surface area contributed by atoms with Crippen molar-refractivity contribution in [3.63, 3.8) is 0 Å². The van der Waals surface area contributed by atoms with Gasteiger partial charge in [0, 0.05) is 5.56 Å². The minimum Gasteiger partial charge on any atom is -0.455 e. The lowest BCUT2D eigenvalue weighted by Crippen LogP contribution is -2.40. The van der Waals surface area contributed by atoms with Crippen molar-refractivity contribution in [3.8, 4) is 11.3 Å². The fraction of sp³-hybridized carbons (Fsp3) is 0.318. The van der Waals surface area contributed by atoms with E-state index in [-0.39, 0.29) is 41.3 Å². The van der Waals surface area contributed by atoms with Gasteiger partial charge in [0.25, 0.3) is 11.8 Å². The monoisotopic (exact) mass is 376 g/mol. The first-order valence-corrected chi connectivity index (χ1v) is 9.58. The van der Waals surface area contributed by atoms with Gasteiger partial charge in [-0.2, -0.15) is 10.1 Å². The van der Waals surface area contributed by atoms with Crippen molar-refractivity contribution in [2.75, 3.05) is 0 Å². The highest BCUT2D eigenvalue weighted by Gasteiger charge is 2.67. The fourth-order valence-electron chi connectivity index (χ4n) is 5.36. The van der Waals surface area contributed by atoms with Gasteiger partial charge >= 0.3 is 0 Å². The third-order valence-electron chi connectivity index (χ3n) is 6.70. The molecule has 6 atom stereocenters. The van der Waals surface area contributed by atoms with Gasteiger partial charge in [0.05, 0.1) is 18.1 Å². The largest absolute Gasteiger partial charge is 0.455 e. The average molecular weight is 376 g/mol. The number of allylic oxidation sites excluding steroid dienone is 2. The Labute approximate surface area is 160 Å². The van der Waals surface area contributed by atoms with E-state index >= 15 is 0 Å². The maximum atomic E-state index is 13.1. The van der Waals surface area contributed by atoms with E-state index in [2.05, 4.69) is 17.3 Å². The van der Waals surface area contributed by atoms with Crippen LogP contribution in [0.4, 0.5) is 4.39 Å². The SMILES string of the molecule is O=C1[C@H]2[C@@H]3C=C[C@H]([C@@H]4C[C@H]34)[C@@H]2C(=O)N1/N=C\c1ccc(-c2ccc(F)cc2)o1.